The van der Waals surface area contributed by atoms with E-state index < -0.39 is 0 Å². The van der Waals surface area contributed by atoms with Crippen LogP contribution in [-0.4, -0.2) is 23.8 Å². The largest absolute Gasteiger partial charge is 0.393 e. The van der Waals surface area contributed by atoms with E-state index in [0.29, 0.717) is 12.0 Å². The molecule has 1 heterocycles. The van der Waals surface area contributed by atoms with Crippen LogP contribution >= 0.6 is 12.4 Å². The third kappa shape index (κ3) is 1.07. The van der Waals surface area contributed by atoms with Gasteiger partial charge < -0.3 is 10.4 Å². The second-order valence-electron chi connectivity index (χ2n) is 2.90. The van der Waals surface area contributed by atoms with Gasteiger partial charge in [0.2, 0.25) is 0 Å². The monoisotopic (exact) mass is 149 g/mol. The van der Waals surface area contributed by atoms with E-state index in [9.17, 15) is 5.11 Å². The molecule has 3 atom stereocenters. The predicted molar refractivity (Wildman–Crippen MR) is 37.8 cm³/mol. The summed E-state index contributed by atoms with van der Waals surface area (Å²) in [5.41, 5.74) is 0. The quantitative estimate of drug-likeness (QED) is 0.514. The van der Waals surface area contributed by atoms with Crippen molar-refractivity contribution >= 4 is 12.4 Å². The Labute approximate surface area is 61.0 Å². The predicted octanol–water partition coefficient (Wildman–Crippen LogP) is 0.151. The SMILES string of the molecule is Cl.O[C@H]1C[C@@H]2C[C@H]1CN2. The molecule has 9 heavy (non-hydrogen) atoms. The van der Waals surface area contributed by atoms with Crippen LogP contribution in [0.2, 0.25) is 0 Å². The van der Waals surface area contributed by atoms with E-state index in [1.165, 1.54) is 6.42 Å². The Kier molecular flexibility index (Phi) is 1.99. The van der Waals surface area contributed by atoms with Crippen LogP contribution in [0.5, 0.6) is 0 Å². The average Bonchev–Trinajstić information content (AvgIpc) is 2.23. The zero-order valence-corrected chi connectivity index (χ0v) is 6.03. The zero-order chi connectivity index (χ0) is 5.56. The highest BCUT2D eigenvalue weighted by Gasteiger charge is 2.37. The van der Waals surface area contributed by atoms with Crippen molar-refractivity contribution in [3.8, 4) is 0 Å². The number of fused-ring (bicyclic) bond motifs is 2. The topological polar surface area (TPSA) is 32.3 Å². The fourth-order valence-electron chi connectivity index (χ4n) is 1.81. The van der Waals surface area contributed by atoms with Gasteiger partial charge in [-0.1, -0.05) is 0 Å². The van der Waals surface area contributed by atoms with Gasteiger partial charge in [0.25, 0.3) is 0 Å². The first-order valence-electron chi connectivity index (χ1n) is 3.28. The van der Waals surface area contributed by atoms with E-state index in [0.717, 1.165) is 13.0 Å². The number of hydrogen-bond acceptors (Lipinski definition) is 2. The Morgan fingerprint density at radius 2 is 2.11 bits per heavy atom. The Hall–Kier alpha value is 0.210. The molecule has 1 saturated heterocycles. The van der Waals surface area contributed by atoms with Gasteiger partial charge in [0.1, 0.15) is 0 Å². The number of nitrogens with one attached hydrogen (secondary N) is 1. The van der Waals surface area contributed by atoms with E-state index >= 15 is 0 Å². The molecular formula is C6H12ClNO. The molecule has 3 heteroatoms. The standard InChI is InChI=1S/C6H11NO.ClH/c8-6-2-5-1-4(6)3-7-5;/h4-8H,1-3H2;1H/t4-,5-,6-;/m0./s1. The minimum Gasteiger partial charge on any atom is -0.393 e. The van der Waals surface area contributed by atoms with E-state index in [-0.39, 0.29) is 18.5 Å². The van der Waals surface area contributed by atoms with Crippen molar-refractivity contribution in [3.05, 3.63) is 0 Å². The number of piperidine rings is 1. The molecular weight excluding hydrogens is 138 g/mol. The summed E-state index contributed by atoms with van der Waals surface area (Å²) in [6.45, 7) is 1.05. The highest BCUT2D eigenvalue weighted by atomic mass is 35.5. The lowest BCUT2D eigenvalue weighted by molar-refractivity contribution is 0.121. The van der Waals surface area contributed by atoms with Crippen LogP contribution in [0.25, 0.3) is 0 Å². The number of aliphatic hydroxyl groups excluding tert-OH is 1. The van der Waals surface area contributed by atoms with Gasteiger partial charge >= 0.3 is 0 Å². The molecule has 2 aliphatic rings. The molecule has 0 unspecified atom stereocenters. The van der Waals surface area contributed by atoms with Gasteiger partial charge in [0, 0.05) is 12.6 Å². The number of halogens is 1. The van der Waals surface area contributed by atoms with Crippen LogP contribution in [0.15, 0.2) is 0 Å². The molecule has 0 aromatic heterocycles. The van der Waals surface area contributed by atoms with Crippen molar-refractivity contribution in [2.45, 2.75) is 25.0 Å². The first kappa shape index (κ1) is 7.32. The molecule has 54 valence electrons. The maximum Gasteiger partial charge on any atom is 0.0595 e. The summed E-state index contributed by atoms with van der Waals surface area (Å²) in [5, 5.41) is 12.5. The molecule has 2 bridgehead atoms. The second-order valence-corrected chi connectivity index (χ2v) is 2.90. The molecule has 2 rings (SSSR count). The lowest BCUT2D eigenvalue weighted by Gasteiger charge is -2.15. The van der Waals surface area contributed by atoms with Crippen LogP contribution in [0, 0.1) is 5.92 Å². The normalized spacial score (nSPS) is 47.0. The van der Waals surface area contributed by atoms with Crippen molar-refractivity contribution in [1.82, 2.24) is 5.32 Å². The van der Waals surface area contributed by atoms with Crippen molar-refractivity contribution < 1.29 is 5.11 Å². The van der Waals surface area contributed by atoms with Gasteiger partial charge in [-0.15, -0.1) is 12.4 Å². The van der Waals surface area contributed by atoms with Gasteiger partial charge in [-0.3, -0.25) is 0 Å². The molecule has 1 saturated carbocycles. The fourth-order valence-corrected chi connectivity index (χ4v) is 1.81. The van der Waals surface area contributed by atoms with Crippen molar-refractivity contribution in [1.29, 1.82) is 0 Å². The van der Waals surface area contributed by atoms with Crippen molar-refractivity contribution in [2.75, 3.05) is 6.54 Å². The average molecular weight is 150 g/mol. The summed E-state index contributed by atoms with van der Waals surface area (Å²) in [7, 11) is 0. The minimum atomic E-state index is 0. The molecule has 0 aromatic rings. The number of aliphatic hydroxyl groups is 1. The lowest BCUT2D eigenvalue weighted by atomic mass is 10.1. The van der Waals surface area contributed by atoms with Gasteiger partial charge in [-0.05, 0) is 18.8 Å². The summed E-state index contributed by atoms with van der Waals surface area (Å²) >= 11 is 0. The summed E-state index contributed by atoms with van der Waals surface area (Å²) < 4.78 is 0. The van der Waals surface area contributed by atoms with E-state index in [2.05, 4.69) is 5.32 Å². The van der Waals surface area contributed by atoms with Crippen molar-refractivity contribution in [3.63, 3.8) is 0 Å². The summed E-state index contributed by atoms with van der Waals surface area (Å²) in [6, 6.07) is 0.648. The molecule has 0 aromatic carbocycles. The Morgan fingerprint density at radius 3 is 2.33 bits per heavy atom. The van der Waals surface area contributed by atoms with Crippen LogP contribution in [-0.2, 0) is 0 Å². The van der Waals surface area contributed by atoms with Crippen LogP contribution in [0.4, 0.5) is 0 Å². The smallest absolute Gasteiger partial charge is 0.0595 e. The summed E-state index contributed by atoms with van der Waals surface area (Å²) in [6.07, 6.45) is 2.22. The van der Waals surface area contributed by atoms with E-state index in [1.54, 1.807) is 0 Å². The molecule has 1 aliphatic carbocycles. The molecule has 0 amide bonds. The fraction of sp³-hybridized carbons (Fsp3) is 1.00. The first-order chi connectivity index (χ1) is 3.86. The molecule has 2 fully saturated rings. The number of rotatable bonds is 0. The molecule has 2 nitrogen and oxygen atoms in total. The highest BCUT2D eigenvalue weighted by molar-refractivity contribution is 5.85. The van der Waals surface area contributed by atoms with E-state index in [4.69, 9.17) is 0 Å². The Bertz CT molecular complexity index is 107. The molecule has 2 N–H and O–H groups in total. The maximum atomic E-state index is 9.18. The second kappa shape index (κ2) is 2.45. The van der Waals surface area contributed by atoms with Gasteiger partial charge in [-0.25, -0.2) is 0 Å². The van der Waals surface area contributed by atoms with Gasteiger partial charge in [0.15, 0.2) is 0 Å². The third-order valence-corrected chi connectivity index (χ3v) is 2.33. The molecule has 1 aliphatic heterocycles. The zero-order valence-electron chi connectivity index (χ0n) is 5.21. The van der Waals surface area contributed by atoms with Crippen molar-refractivity contribution in [2.24, 2.45) is 5.92 Å². The maximum absolute atomic E-state index is 9.18. The Balaban J connectivity index is 0.000000405. The number of hydrogen-bond donors (Lipinski definition) is 2. The van der Waals surface area contributed by atoms with Crippen LogP contribution in [0.3, 0.4) is 0 Å². The third-order valence-electron chi connectivity index (χ3n) is 2.33. The first-order valence-corrected chi connectivity index (χ1v) is 3.28. The van der Waals surface area contributed by atoms with Crippen LogP contribution < -0.4 is 5.32 Å². The summed E-state index contributed by atoms with van der Waals surface area (Å²) in [5.74, 6) is 0.583. The highest BCUT2D eigenvalue weighted by Crippen LogP contribution is 2.30. The van der Waals surface area contributed by atoms with Gasteiger partial charge in [-0.2, -0.15) is 0 Å². The molecule has 0 spiro atoms. The summed E-state index contributed by atoms with van der Waals surface area (Å²) in [4.78, 5) is 0. The van der Waals surface area contributed by atoms with Crippen LogP contribution in [0.1, 0.15) is 12.8 Å². The minimum absolute atomic E-state index is 0. The van der Waals surface area contributed by atoms with E-state index in [1.807, 2.05) is 0 Å². The lowest BCUT2D eigenvalue weighted by Crippen LogP contribution is -2.32. The molecule has 0 radical (unpaired) electrons. The van der Waals surface area contributed by atoms with Gasteiger partial charge in [0.05, 0.1) is 6.10 Å². The Morgan fingerprint density at radius 1 is 1.33 bits per heavy atom.